The van der Waals surface area contributed by atoms with Gasteiger partial charge in [0, 0.05) is 18.3 Å². The third-order valence-corrected chi connectivity index (χ3v) is 3.65. The first-order valence-corrected chi connectivity index (χ1v) is 7.07. The normalized spacial score (nSPS) is 16.9. The van der Waals surface area contributed by atoms with Crippen molar-refractivity contribution >= 4 is 11.6 Å². The van der Waals surface area contributed by atoms with Crippen LogP contribution in [-0.4, -0.2) is 44.1 Å². The number of anilines is 1. The molecule has 1 aromatic rings. The van der Waals surface area contributed by atoms with E-state index < -0.39 is 0 Å². The van der Waals surface area contributed by atoms with Crippen LogP contribution >= 0.6 is 0 Å². The van der Waals surface area contributed by atoms with E-state index in [4.69, 9.17) is 10.5 Å². The fourth-order valence-corrected chi connectivity index (χ4v) is 2.33. The van der Waals surface area contributed by atoms with Gasteiger partial charge in [-0.1, -0.05) is 6.07 Å². The molecule has 5 nitrogen and oxygen atoms in total. The highest BCUT2D eigenvalue weighted by Crippen LogP contribution is 2.15. The molecular weight excluding hydrogens is 254 g/mol. The zero-order valence-electron chi connectivity index (χ0n) is 12.0. The summed E-state index contributed by atoms with van der Waals surface area (Å²) in [6.45, 7) is 3.00. The van der Waals surface area contributed by atoms with Crippen LogP contribution < -0.4 is 15.8 Å². The average molecular weight is 277 g/mol. The number of carbonyl (C=O) groups excluding carboxylic acids is 1. The molecule has 0 atom stereocenters. The van der Waals surface area contributed by atoms with Crippen molar-refractivity contribution < 1.29 is 9.53 Å². The number of hydrogen-bond acceptors (Lipinski definition) is 4. The average Bonchev–Trinajstić information content (AvgIpc) is 2.45. The monoisotopic (exact) mass is 277 g/mol. The molecular formula is C15H23N3O2. The summed E-state index contributed by atoms with van der Waals surface area (Å²) in [4.78, 5) is 14.1. The van der Waals surface area contributed by atoms with Gasteiger partial charge in [0.05, 0.1) is 0 Å². The van der Waals surface area contributed by atoms with Crippen LogP contribution in [0.1, 0.15) is 12.8 Å². The number of carbonyl (C=O) groups is 1. The van der Waals surface area contributed by atoms with Crippen LogP contribution in [0.25, 0.3) is 0 Å². The van der Waals surface area contributed by atoms with Crippen LogP contribution in [0.4, 0.5) is 5.69 Å². The lowest BCUT2D eigenvalue weighted by Crippen LogP contribution is -2.38. The Morgan fingerprint density at radius 3 is 2.90 bits per heavy atom. The first-order chi connectivity index (χ1) is 9.63. The summed E-state index contributed by atoms with van der Waals surface area (Å²) in [6, 6.07) is 7.10. The molecule has 0 aromatic heterocycles. The maximum Gasteiger partial charge on any atom is 0.257 e. The fraction of sp³-hybridized carbons (Fsp3) is 0.533. The molecule has 0 unspecified atom stereocenters. The van der Waals surface area contributed by atoms with Gasteiger partial charge in [-0.05, 0) is 51.0 Å². The minimum atomic E-state index is -0.0775. The lowest BCUT2D eigenvalue weighted by molar-refractivity contribution is -0.123. The molecule has 1 saturated heterocycles. The van der Waals surface area contributed by atoms with Gasteiger partial charge >= 0.3 is 0 Å². The van der Waals surface area contributed by atoms with Gasteiger partial charge < -0.3 is 20.7 Å². The van der Waals surface area contributed by atoms with Gasteiger partial charge in [-0.3, -0.25) is 4.79 Å². The smallest absolute Gasteiger partial charge is 0.257 e. The van der Waals surface area contributed by atoms with Crippen LogP contribution in [0.3, 0.4) is 0 Å². The van der Waals surface area contributed by atoms with E-state index in [0.29, 0.717) is 17.4 Å². The molecule has 1 heterocycles. The Morgan fingerprint density at radius 1 is 1.45 bits per heavy atom. The van der Waals surface area contributed by atoms with Gasteiger partial charge in [-0.15, -0.1) is 0 Å². The second kappa shape index (κ2) is 7.14. The van der Waals surface area contributed by atoms with E-state index in [0.717, 1.165) is 32.5 Å². The Morgan fingerprint density at radius 2 is 2.20 bits per heavy atom. The van der Waals surface area contributed by atoms with E-state index in [9.17, 15) is 4.79 Å². The van der Waals surface area contributed by atoms with Crippen molar-refractivity contribution in [3.63, 3.8) is 0 Å². The quantitative estimate of drug-likeness (QED) is 0.791. The van der Waals surface area contributed by atoms with Crippen LogP contribution in [0.5, 0.6) is 5.75 Å². The standard InChI is InChI=1S/C15H23N3O2/c1-18-7-5-12(6-8-18)10-17-15(19)11-20-14-4-2-3-13(16)9-14/h2-4,9,12H,5-8,10-11,16H2,1H3,(H,17,19). The predicted molar refractivity (Wildman–Crippen MR) is 79.6 cm³/mol. The Kier molecular flexibility index (Phi) is 5.24. The SMILES string of the molecule is CN1CCC(CNC(=O)COc2cccc(N)c2)CC1. The van der Waals surface area contributed by atoms with Crippen molar-refractivity contribution in [3.05, 3.63) is 24.3 Å². The molecule has 0 saturated carbocycles. The van der Waals surface area contributed by atoms with E-state index in [2.05, 4.69) is 17.3 Å². The van der Waals surface area contributed by atoms with Crippen LogP contribution in [0, 0.1) is 5.92 Å². The molecule has 1 fully saturated rings. The Labute approximate surface area is 120 Å². The highest BCUT2D eigenvalue weighted by atomic mass is 16.5. The maximum absolute atomic E-state index is 11.7. The molecule has 110 valence electrons. The first-order valence-electron chi connectivity index (χ1n) is 7.07. The van der Waals surface area contributed by atoms with Gasteiger partial charge in [0.2, 0.25) is 0 Å². The van der Waals surface area contributed by atoms with Crippen molar-refractivity contribution in [2.75, 3.05) is 39.0 Å². The van der Waals surface area contributed by atoms with Crippen molar-refractivity contribution in [1.29, 1.82) is 0 Å². The molecule has 0 bridgehead atoms. The number of benzene rings is 1. The fourth-order valence-electron chi connectivity index (χ4n) is 2.33. The largest absolute Gasteiger partial charge is 0.484 e. The predicted octanol–water partition coefficient (Wildman–Crippen LogP) is 1.11. The molecule has 3 N–H and O–H groups in total. The number of ether oxygens (including phenoxy) is 1. The number of nitrogens with zero attached hydrogens (tertiary/aromatic N) is 1. The van der Waals surface area contributed by atoms with E-state index >= 15 is 0 Å². The molecule has 0 aliphatic carbocycles. The molecule has 1 aliphatic rings. The number of nitrogens with one attached hydrogen (secondary N) is 1. The van der Waals surface area contributed by atoms with Gasteiger partial charge in [-0.25, -0.2) is 0 Å². The van der Waals surface area contributed by atoms with E-state index in [-0.39, 0.29) is 12.5 Å². The van der Waals surface area contributed by atoms with Gasteiger partial charge in [0.15, 0.2) is 6.61 Å². The van der Waals surface area contributed by atoms with Crippen molar-refractivity contribution in [1.82, 2.24) is 10.2 Å². The number of nitrogen functional groups attached to an aromatic ring is 1. The number of hydrogen-bond donors (Lipinski definition) is 2. The highest BCUT2D eigenvalue weighted by molar-refractivity contribution is 5.77. The summed E-state index contributed by atoms with van der Waals surface area (Å²) < 4.78 is 5.41. The van der Waals surface area contributed by atoms with Crippen LogP contribution in [-0.2, 0) is 4.79 Å². The molecule has 2 rings (SSSR count). The van der Waals surface area contributed by atoms with Gasteiger partial charge in [0.25, 0.3) is 5.91 Å². The van der Waals surface area contributed by atoms with Crippen LogP contribution in [0.2, 0.25) is 0 Å². The van der Waals surface area contributed by atoms with Crippen molar-refractivity contribution in [2.45, 2.75) is 12.8 Å². The zero-order valence-corrected chi connectivity index (χ0v) is 12.0. The second-order valence-electron chi connectivity index (χ2n) is 5.41. The summed E-state index contributed by atoms with van der Waals surface area (Å²) in [7, 11) is 2.13. The summed E-state index contributed by atoms with van der Waals surface area (Å²) >= 11 is 0. The third kappa shape index (κ3) is 4.74. The van der Waals surface area contributed by atoms with E-state index in [1.165, 1.54) is 0 Å². The van der Waals surface area contributed by atoms with E-state index in [1.54, 1.807) is 24.3 Å². The molecule has 1 amide bonds. The number of nitrogens with two attached hydrogens (primary N) is 1. The minimum absolute atomic E-state index is 0.0378. The minimum Gasteiger partial charge on any atom is -0.484 e. The van der Waals surface area contributed by atoms with Gasteiger partial charge in [-0.2, -0.15) is 0 Å². The molecule has 20 heavy (non-hydrogen) atoms. The summed E-state index contributed by atoms with van der Waals surface area (Å²) in [5.41, 5.74) is 6.28. The number of likely N-dealkylation sites (tertiary alicyclic amines) is 1. The Bertz CT molecular complexity index is 442. The molecule has 1 aromatic carbocycles. The number of amides is 1. The number of rotatable bonds is 5. The first kappa shape index (κ1) is 14.7. The molecule has 0 spiro atoms. The second-order valence-corrected chi connectivity index (χ2v) is 5.41. The van der Waals surface area contributed by atoms with E-state index in [1.807, 2.05) is 0 Å². The highest BCUT2D eigenvalue weighted by Gasteiger charge is 2.17. The number of piperidine rings is 1. The zero-order chi connectivity index (χ0) is 14.4. The molecule has 1 aliphatic heterocycles. The third-order valence-electron chi connectivity index (χ3n) is 3.65. The molecule has 0 radical (unpaired) electrons. The van der Waals surface area contributed by atoms with Gasteiger partial charge in [0.1, 0.15) is 5.75 Å². The van der Waals surface area contributed by atoms with Crippen LogP contribution in [0.15, 0.2) is 24.3 Å². The lowest BCUT2D eigenvalue weighted by Gasteiger charge is -2.28. The Hall–Kier alpha value is -1.75. The molecule has 5 heteroatoms. The Balaban J connectivity index is 1.65. The van der Waals surface area contributed by atoms with Crippen molar-refractivity contribution in [2.24, 2.45) is 5.92 Å². The lowest BCUT2D eigenvalue weighted by atomic mass is 9.97. The summed E-state index contributed by atoms with van der Waals surface area (Å²) in [5.74, 6) is 1.13. The summed E-state index contributed by atoms with van der Waals surface area (Å²) in [5, 5.41) is 2.94. The maximum atomic E-state index is 11.7. The summed E-state index contributed by atoms with van der Waals surface area (Å²) in [6.07, 6.45) is 2.29. The topological polar surface area (TPSA) is 67.6 Å². The van der Waals surface area contributed by atoms with Crippen molar-refractivity contribution in [3.8, 4) is 5.75 Å².